The minimum atomic E-state index is -0.272. The van der Waals surface area contributed by atoms with Crippen LogP contribution < -0.4 is 0 Å². The van der Waals surface area contributed by atoms with Crippen LogP contribution in [0.2, 0.25) is 0 Å². The van der Waals surface area contributed by atoms with E-state index in [-0.39, 0.29) is 10.6 Å². The molecule has 0 spiro atoms. The fourth-order valence-electron chi connectivity index (χ4n) is 4.34. The van der Waals surface area contributed by atoms with Crippen LogP contribution in [-0.4, -0.2) is 9.91 Å². The van der Waals surface area contributed by atoms with Gasteiger partial charge in [-0.3, -0.25) is 10.1 Å². The Morgan fingerprint density at radius 3 is 2.28 bits per heavy atom. The summed E-state index contributed by atoms with van der Waals surface area (Å²) >= 11 is 0. The Hall–Kier alpha value is -4.12. The van der Waals surface area contributed by atoms with Crippen molar-refractivity contribution < 1.29 is 9.34 Å². The first-order valence-electron chi connectivity index (χ1n) is 9.31. The number of benzene rings is 4. The molecule has 0 atom stereocenters. The van der Waals surface area contributed by atoms with E-state index in [9.17, 15) is 10.1 Å². The first-order valence-corrected chi connectivity index (χ1v) is 9.31. The molecule has 0 aliphatic heterocycles. The van der Waals surface area contributed by atoms with Gasteiger partial charge in [0.1, 0.15) is 5.58 Å². The Balaban J connectivity index is 2.00. The number of hydrogen-bond acceptors (Lipinski definition) is 3. The molecule has 2 heterocycles. The van der Waals surface area contributed by atoms with Gasteiger partial charge in [0, 0.05) is 21.7 Å². The minimum Gasteiger partial charge on any atom is -0.454 e. The number of para-hydroxylation sites is 2. The Bertz CT molecular complexity index is 1580. The maximum Gasteiger partial charge on any atom is 0.288 e. The van der Waals surface area contributed by atoms with Gasteiger partial charge in [0.25, 0.3) is 5.69 Å². The lowest BCUT2D eigenvalue weighted by molar-refractivity contribution is -0.382. The highest BCUT2D eigenvalue weighted by atomic mass is 16.6. The largest absolute Gasteiger partial charge is 0.454 e. The predicted molar refractivity (Wildman–Crippen MR) is 115 cm³/mol. The molecular formula is C24H14N2O3. The number of furan rings is 1. The number of aromatic nitrogens is 1. The fourth-order valence-corrected chi connectivity index (χ4v) is 4.34. The van der Waals surface area contributed by atoms with Crippen molar-refractivity contribution in [3.63, 3.8) is 0 Å². The van der Waals surface area contributed by atoms with Crippen LogP contribution in [0.3, 0.4) is 0 Å². The molecule has 0 bridgehead atoms. The van der Waals surface area contributed by atoms with Gasteiger partial charge in [-0.1, -0.05) is 66.7 Å². The molecule has 138 valence electrons. The van der Waals surface area contributed by atoms with E-state index >= 15 is 0 Å². The number of rotatable bonds is 2. The van der Waals surface area contributed by atoms with E-state index in [1.807, 2.05) is 78.9 Å². The molecule has 0 fully saturated rings. The molecule has 0 aliphatic rings. The molecule has 2 aromatic heterocycles. The zero-order chi connectivity index (χ0) is 19.5. The van der Waals surface area contributed by atoms with Gasteiger partial charge in [0.2, 0.25) is 0 Å². The second-order valence-electron chi connectivity index (χ2n) is 7.07. The number of H-pyrrole nitrogens is 1. The average molecular weight is 378 g/mol. The van der Waals surface area contributed by atoms with E-state index in [1.54, 1.807) is 0 Å². The molecule has 6 rings (SSSR count). The summed E-state index contributed by atoms with van der Waals surface area (Å²) in [6.45, 7) is 0. The zero-order valence-corrected chi connectivity index (χ0v) is 15.2. The average Bonchev–Trinajstić information content (AvgIpc) is 3.32. The summed E-state index contributed by atoms with van der Waals surface area (Å²) in [5.74, 6) is 0. The fraction of sp³-hybridized carbons (Fsp3) is 0. The third-order valence-corrected chi connectivity index (χ3v) is 5.50. The molecule has 4 aromatic carbocycles. The molecule has 0 unspecified atom stereocenters. The highest BCUT2D eigenvalue weighted by Gasteiger charge is 2.30. The normalized spacial score (nSPS) is 11.7. The van der Waals surface area contributed by atoms with E-state index in [4.69, 9.17) is 4.42 Å². The van der Waals surface area contributed by atoms with Gasteiger partial charge in [-0.25, -0.2) is 0 Å². The highest BCUT2D eigenvalue weighted by molar-refractivity contribution is 6.29. The van der Waals surface area contributed by atoms with E-state index in [2.05, 4.69) is 4.98 Å². The van der Waals surface area contributed by atoms with Crippen LogP contribution in [0.4, 0.5) is 5.69 Å². The maximum atomic E-state index is 12.4. The van der Waals surface area contributed by atoms with Crippen LogP contribution >= 0.6 is 0 Å². The molecule has 0 saturated heterocycles. The lowest BCUT2D eigenvalue weighted by Gasteiger charge is -2.07. The maximum absolute atomic E-state index is 12.4. The standard InChI is InChI=1S/C24H14N2O3/c27-26(28)23-19(14-8-2-1-3-9-14)20-16-11-5-7-13-18(16)29-24(20)22-21(23)15-10-4-6-12-17(15)25-22/h1-13,25H. The number of nitro benzene ring substituents is 1. The molecule has 6 aromatic rings. The smallest absolute Gasteiger partial charge is 0.288 e. The van der Waals surface area contributed by atoms with Crippen LogP contribution in [0.5, 0.6) is 0 Å². The lowest BCUT2D eigenvalue weighted by atomic mass is 9.94. The monoisotopic (exact) mass is 378 g/mol. The van der Waals surface area contributed by atoms with E-state index in [0.717, 1.165) is 27.2 Å². The summed E-state index contributed by atoms with van der Waals surface area (Å²) in [5.41, 5.74) is 4.33. The van der Waals surface area contributed by atoms with Gasteiger partial charge in [0.15, 0.2) is 5.58 Å². The Morgan fingerprint density at radius 2 is 1.48 bits per heavy atom. The number of hydrogen-bond donors (Lipinski definition) is 1. The summed E-state index contributed by atoms with van der Waals surface area (Å²) < 4.78 is 6.24. The first-order chi connectivity index (χ1) is 14.2. The molecule has 0 radical (unpaired) electrons. The number of fused-ring (bicyclic) bond motifs is 7. The summed E-state index contributed by atoms with van der Waals surface area (Å²) in [4.78, 5) is 15.5. The number of aromatic amines is 1. The number of nitro groups is 1. The van der Waals surface area contributed by atoms with Crippen LogP contribution in [-0.2, 0) is 0 Å². The molecule has 5 heteroatoms. The summed E-state index contributed by atoms with van der Waals surface area (Å²) in [5, 5.41) is 15.4. The second-order valence-corrected chi connectivity index (χ2v) is 7.07. The van der Waals surface area contributed by atoms with E-state index < -0.39 is 0 Å². The molecule has 29 heavy (non-hydrogen) atoms. The highest BCUT2D eigenvalue weighted by Crippen LogP contribution is 2.49. The van der Waals surface area contributed by atoms with Gasteiger partial charge in [-0.2, -0.15) is 0 Å². The van der Waals surface area contributed by atoms with E-state index in [1.165, 1.54) is 0 Å². The van der Waals surface area contributed by atoms with Gasteiger partial charge < -0.3 is 9.40 Å². The van der Waals surface area contributed by atoms with Crippen molar-refractivity contribution in [3.05, 3.63) is 89.0 Å². The summed E-state index contributed by atoms with van der Waals surface area (Å²) in [6, 6.07) is 24.8. The SMILES string of the molecule is O=[N+]([O-])c1c(-c2ccccc2)c2c3ccccc3oc2c2[nH]c3ccccc3c12. The van der Waals surface area contributed by atoms with Gasteiger partial charge in [-0.15, -0.1) is 0 Å². The van der Waals surface area contributed by atoms with Crippen molar-refractivity contribution in [2.45, 2.75) is 0 Å². The van der Waals surface area contributed by atoms with Crippen LogP contribution in [0.15, 0.2) is 83.3 Å². The van der Waals surface area contributed by atoms with Gasteiger partial charge >= 0.3 is 0 Å². The Morgan fingerprint density at radius 1 is 0.793 bits per heavy atom. The Labute approximate surface area is 164 Å². The van der Waals surface area contributed by atoms with Crippen molar-refractivity contribution in [2.24, 2.45) is 0 Å². The first kappa shape index (κ1) is 15.9. The van der Waals surface area contributed by atoms with Crippen LogP contribution in [0.1, 0.15) is 0 Å². The number of nitrogens with one attached hydrogen (secondary N) is 1. The molecule has 5 nitrogen and oxygen atoms in total. The molecule has 0 amide bonds. The van der Waals surface area contributed by atoms with Crippen molar-refractivity contribution in [1.82, 2.24) is 4.98 Å². The summed E-state index contributed by atoms with van der Waals surface area (Å²) in [7, 11) is 0. The van der Waals surface area contributed by atoms with Crippen LogP contribution in [0, 0.1) is 10.1 Å². The van der Waals surface area contributed by atoms with E-state index in [0.29, 0.717) is 27.6 Å². The molecule has 0 aliphatic carbocycles. The second kappa shape index (κ2) is 5.69. The quantitative estimate of drug-likeness (QED) is 0.266. The summed E-state index contributed by atoms with van der Waals surface area (Å²) in [6.07, 6.45) is 0. The van der Waals surface area contributed by atoms with Crippen molar-refractivity contribution in [1.29, 1.82) is 0 Å². The Kier molecular flexibility index (Phi) is 3.12. The van der Waals surface area contributed by atoms with Crippen molar-refractivity contribution in [2.75, 3.05) is 0 Å². The predicted octanol–water partition coefficient (Wildman–Crippen LogP) is 6.80. The molecule has 1 N–H and O–H groups in total. The minimum absolute atomic E-state index is 0.0997. The topological polar surface area (TPSA) is 72.1 Å². The van der Waals surface area contributed by atoms with Crippen molar-refractivity contribution in [3.8, 4) is 11.1 Å². The van der Waals surface area contributed by atoms with Crippen molar-refractivity contribution >= 4 is 49.4 Å². The van der Waals surface area contributed by atoms with Gasteiger partial charge in [-0.05, 0) is 17.7 Å². The molecule has 0 saturated carbocycles. The third-order valence-electron chi connectivity index (χ3n) is 5.50. The number of nitrogens with zero attached hydrogens (tertiary/aromatic N) is 1. The lowest BCUT2D eigenvalue weighted by Crippen LogP contribution is -1.94. The molecular weight excluding hydrogens is 364 g/mol. The van der Waals surface area contributed by atoms with Gasteiger partial charge in [0.05, 0.1) is 21.4 Å². The zero-order valence-electron chi connectivity index (χ0n) is 15.2. The third kappa shape index (κ3) is 2.09. The van der Waals surface area contributed by atoms with Crippen LogP contribution in [0.25, 0.3) is 54.9 Å².